The summed E-state index contributed by atoms with van der Waals surface area (Å²) in [5, 5.41) is 0. The summed E-state index contributed by atoms with van der Waals surface area (Å²) in [6, 6.07) is 4.65. The van der Waals surface area contributed by atoms with E-state index in [4.69, 9.17) is 16.3 Å². The van der Waals surface area contributed by atoms with E-state index in [-0.39, 0.29) is 0 Å². The standard InChI is InChI=1S/C13H19ClN2O/c1-17-12-6-7-13(15-10-12)16(9-3-8-14)11-4-2-5-11/h6-7,10-11H,2-5,8-9H2,1H3. The summed E-state index contributed by atoms with van der Waals surface area (Å²) in [5.74, 6) is 2.56. The lowest BCUT2D eigenvalue weighted by Crippen LogP contribution is -2.41. The number of ether oxygens (including phenoxy) is 1. The average molecular weight is 255 g/mol. The van der Waals surface area contributed by atoms with Gasteiger partial charge in [0.15, 0.2) is 0 Å². The number of aromatic nitrogens is 1. The number of hydrogen-bond acceptors (Lipinski definition) is 3. The molecule has 1 saturated carbocycles. The van der Waals surface area contributed by atoms with Crippen LogP contribution in [0.1, 0.15) is 25.7 Å². The Hall–Kier alpha value is -0.960. The summed E-state index contributed by atoms with van der Waals surface area (Å²) < 4.78 is 5.13. The summed E-state index contributed by atoms with van der Waals surface area (Å²) in [7, 11) is 1.66. The highest BCUT2D eigenvalue weighted by molar-refractivity contribution is 6.17. The fourth-order valence-electron chi connectivity index (χ4n) is 2.08. The summed E-state index contributed by atoms with van der Waals surface area (Å²) in [5.41, 5.74) is 0. The third-order valence-electron chi connectivity index (χ3n) is 3.30. The SMILES string of the molecule is COc1ccc(N(CCCCl)C2CCC2)nc1. The van der Waals surface area contributed by atoms with Crippen LogP contribution in [-0.2, 0) is 0 Å². The van der Waals surface area contributed by atoms with Gasteiger partial charge in [-0.2, -0.15) is 0 Å². The molecule has 0 bridgehead atoms. The molecule has 0 aromatic carbocycles. The lowest BCUT2D eigenvalue weighted by Gasteiger charge is -2.38. The van der Waals surface area contributed by atoms with Crippen molar-refractivity contribution in [1.29, 1.82) is 0 Å². The van der Waals surface area contributed by atoms with Crippen LogP contribution >= 0.6 is 11.6 Å². The van der Waals surface area contributed by atoms with Gasteiger partial charge in [0, 0.05) is 18.5 Å². The van der Waals surface area contributed by atoms with Crippen LogP contribution in [0.25, 0.3) is 0 Å². The zero-order chi connectivity index (χ0) is 12.1. The first-order valence-corrected chi connectivity index (χ1v) is 6.71. The van der Waals surface area contributed by atoms with Crippen molar-refractivity contribution in [2.45, 2.75) is 31.7 Å². The van der Waals surface area contributed by atoms with Crippen LogP contribution in [0.15, 0.2) is 18.3 Å². The summed E-state index contributed by atoms with van der Waals surface area (Å²) >= 11 is 5.78. The van der Waals surface area contributed by atoms with Gasteiger partial charge in [0.25, 0.3) is 0 Å². The molecule has 0 saturated heterocycles. The first-order valence-electron chi connectivity index (χ1n) is 6.18. The van der Waals surface area contributed by atoms with E-state index in [1.165, 1.54) is 19.3 Å². The molecule has 0 amide bonds. The monoisotopic (exact) mass is 254 g/mol. The van der Waals surface area contributed by atoms with Crippen LogP contribution in [0.3, 0.4) is 0 Å². The van der Waals surface area contributed by atoms with Crippen LogP contribution < -0.4 is 9.64 Å². The van der Waals surface area contributed by atoms with E-state index < -0.39 is 0 Å². The molecule has 1 heterocycles. The van der Waals surface area contributed by atoms with Gasteiger partial charge in [0.05, 0.1) is 13.3 Å². The molecule has 1 fully saturated rings. The van der Waals surface area contributed by atoms with Crippen molar-refractivity contribution in [3.8, 4) is 5.75 Å². The van der Waals surface area contributed by atoms with Gasteiger partial charge in [0.2, 0.25) is 0 Å². The van der Waals surface area contributed by atoms with Gasteiger partial charge in [-0.3, -0.25) is 0 Å². The molecule has 1 aromatic rings. The van der Waals surface area contributed by atoms with E-state index in [1.807, 2.05) is 12.1 Å². The van der Waals surface area contributed by atoms with Gasteiger partial charge in [-0.1, -0.05) is 0 Å². The van der Waals surface area contributed by atoms with E-state index in [2.05, 4.69) is 9.88 Å². The third-order valence-corrected chi connectivity index (χ3v) is 3.57. The maximum absolute atomic E-state index is 5.78. The predicted molar refractivity (Wildman–Crippen MR) is 71.1 cm³/mol. The van der Waals surface area contributed by atoms with E-state index in [0.29, 0.717) is 11.9 Å². The second kappa shape index (κ2) is 6.10. The fourth-order valence-corrected chi connectivity index (χ4v) is 2.20. The lowest BCUT2D eigenvalue weighted by molar-refractivity contribution is 0.383. The lowest BCUT2D eigenvalue weighted by atomic mass is 9.91. The Balaban J connectivity index is 2.06. The van der Waals surface area contributed by atoms with Crippen LogP contribution in [0, 0.1) is 0 Å². The molecule has 2 rings (SSSR count). The molecule has 1 aliphatic carbocycles. The van der Waals surface area contributed by atoms with Crippen molar-refractivity contribution in [3.05, 3.63) is 18.3 Å². The summed E-state index contributed by atoms with van der Waals surface area (Å²) in [6.45, 7) is 0.994. The van der Waals surface area contributed by atoms with Crippen LogP contribution in [0.5, 0.6) is 5.75 Å². The fraction of sp³-hybridized carbons (Fsp3) is 0.615. The molecule has 4 heteroatoms. The Kier molecular flexibility index (Phi) is 4.49. The minimum atomic E-state index is 0.652. The van der Waals surface area contributed by atoms with Gasteiger partial charge >= 0.3 is 0 Å². The molecule has 0 aliphatic heterocycles. The van der Waals surface area contributed by atoms with E-state index in [0.717, 1.165) is 24.5 Å². The predicted octanol–water partition coefficient (Wildman–Crippen LogP) is 3.08. The van der Waals surface area contributed by atoms with Crippen molar-refractivity contribution < 1.29 is 4.74 Å². The van der Waals surface area contributed by atoms with E-state index in [9.17, 15) is 0 Å². The van der Waals surface area contributed by atoms with Gasteiger partial charge in [-0.05, 0) is 37.8 Å². The quantitative estimate of drug-likeness (QED) is 0.730. The molecule has 1 aromatic heterocycles. The molecular formula is C13H19ClN2O. The van der Waals surface area contributed by atoms with E-state index in [1.54, 1.807) is 13.3 Å². The Morgan fingerprint density at radius 2 is 2.29 bits per heavy atom. The molecule has 0 atom stereocenters. The minimum absolute atomic E-state index is 0.652. The van der Waals surface area contributed by atoms with Crippen molar-refractivity contribution in [2.24, 2.45) is 0 Å². The van der Waals surface area contributed by atoms with Crippen LogP contribution in [-0.4, -0.2) is 30.6 Å². The topological polar surface area (TPSA) is 25.4 Å². The third kappa shape index (κ3) is 3.03. The number of rotatable bonds is 6. The maximum Gasteiger partial charge on any atom is 0.137 e. The number of hydrogen-bond donors (Lipinski definition) is 0. The van der Waals surface area contributed by atoms with Crippen molar-refractivity contribution in [1.82, 2.24) is 4.98 Å². The number of alkyl halides is 1. The molecule has 0 unspecified atom stereocenters. The maximum atomic E-state index is 5.78. The molecule has 0 N–H and O–H groups in total. The second-order valence-electron chi connectivity index (χ2n) is 4.38. The molecule has 94 valence electrons. The van der Waals surface area contributed by atoms with Gasteiger partial charge in [-0.15, -0.1) is 11.6 Å². The van der Waals surface area contributed by atoms with Crippen molar-refractivity contribution in [3.63, 3.8) is 0 Å². The Morgan fingerprint density at radius 3 is 2.76 bits per heavy atom. The Labute approximate surface area is 108 Å². The summed E-state index contributed by atoms with van der Waals surface area (Å²) in [6.07, 6.45) is 6.66. The number of nitrogens with zero attached hydrogens (tertiary/aromatic N) is 2. The normalized spacial score (nSPS) is 15.4. The molecule has 3 nitrogen and oxygen atoms in total. The van der Waals surface area contributed by atoms with Gasteiger partial charge in [-0.25, -0.2) is 4.98 Å². The highest BCUT2D eigenvalue weighted by Crippen LogP contribution is 2.29. The van der Waals surface area contributed by atoms with Gasteiger partial charge in [0.1, 0.15) is 11.6 Å². The summed E-state index contributed by atoms with van der Waals surface area (Å²) in [4.78, 5) is 6.84. The van der Waals surface area contributed by atoms with Gasteiger partial charge < -0.3 is 9.64 Å². The minimum Gasteiger partial charge on any atom is -0.495 e. The number of halogens is 1. The second-order valence-corrected chi connectivity index (χ2v) is 4.75. The highest BCUT2D eigenvalue weighted by atomic mass is 35.5. The van der Waals surface area contributed by atoms with E-state index >= 15 is 0 Å². The zero-order valence-electron chi connectivity index (χ0n) is 10.2. The number of methoxy groups -OCH3 is 1. The molecule has 1 aliphatic rings. The molecular weight excluding hydrogens is 236 g/mol. The van der Waals surface area contributed by atoms with Crippen molar-refractivity contribution in [2.75, 3.05) is 24.4 Å². The Bertz CT molecular complexity index is 338. The van der Waals surface area contributed by atoms with Crippen LogP contribution in [0.2, 0.25) is 0 Å². The highest BCUT2D eigenvalue weighted by Gasteiger charge is 2.25. The average Bonchev–Trinajstić information content (AvgIpc) is 2.32. The smallest absolute Gasteiger partial charge is 0.137 e. The Morgan fingerprint density at radius 1 is 1.47 bits per heavy atom. The zero-order valence-corrected chi connectivity index (χ0v) is 11.0. The first-order chi connectivity index (χ1) is 8.35. The molecule has 0 spiro atoms. The molecule has 17 heavy (non-hydrogen) atoms. The van der Waals surface area contributed by atoms with Crippen LogP contribution in [0.4, 0.5) is 5.82 Å². The van der Waals surface area contributed by atoms with Crippen molar-refractivity contribution >= 4 is 17.4 Å². The first kappa shape index (κ1) is 12.5. The molecule has 0 radical (unpaired) electrons. The number of anilines is 1. The number of pyridine rings is 1. The largest absolute Gasteiger partial charge is 0.495 e.